The lowest BCUT2D eigenvalue weighted by Gasteiger charge is -2.45. The zero-order valence-electron chi connectivity index (χ0n) is 27.3. The molecular formula is C25H54F6O8Si5. The molecular weight excluding hydrogens is 683 g/mol. The summed E-state index contributed by atoms with van der Waals surface area (Å²) >= 11 is 0. The highest BCUT2D eigenvalue weighted by Gasteiger charge is 2.53. The molecule has 0 aromatic rings. The van der Waals surface area contributed by atoms with Crippen molar-refractivity contribution in [3.8, 4) is 0 Å². The van der Waals surface area contributed by atoms with Gasteiger partial charge in [-0.2, -0.15) is 26.3 Å². The van der Waals surface area contributed by atoms with Gasteiger partial charge in [-0.05, 0) is 82.8 Å². The predicted octanol–water partition coefficient (Wildman–Crippen LogP) is 7.11. The second-order valence-corrected chi connectivity index (χ2v) is 31.9. The summed E-state index contributed by atoms with van der Waals surface area (Å²) in [5.74, 6) is 0. The van der Waals surface area contributed by atoms with Crippen LogP contribution in [-0.4, -0.2) is 105 Å². The lowest BCUT2D eigenvalue weighted by atomic mass is 10.5. The lowest BCUT2D eigenvalue weighted by Crippen LogP contribution is -2.61. The predicted molar refractivity (Wildman–Crippen MR) is 170 cm³/mol. The van der Waals surface area contributed by atoms with Crippen LogP contribution in [0, 0.1) is 0 Å². The quantitative estimate of drug-likeness (QED) is 0.0583. The number of rotatable bonds is 25. The zero-order valence-corrected chi connectivity index (χ0v) is 32.3. The van der Waals surface area contributed by atoms with E-state index in [2.05, 4.69) is 6.58 Å². The smallest absolute Gasteiger partial charge is 0.389 e. The van der Waals surface area contributed by atoms with Crippen LogP contribution in [0.3, 0.4) is 0 Å². The minimum atomic E-state index is -4.63. The molecule has 0 aromatic heterocycles. The molecule has 2 N–H and O–H groups in total. The van der Waals surface area contributed by atoms with E-state index in [0.717, 1.165) is 0 Å². The van der Waals surface area contributed by atoms with E-state index in [9.17, 15) is 26.3 Å². The topological polar surface area (TPSA) is 95.8 Å². The fraction of sp³-hybridized carbons (Fsp3) is 0.920. The summed E-state index contributed by atoms with van der Waals surface area (Å²) in [6.07, 6.45) is -10.8. The highest BCUT2D eigenvalue weighted by molar-refractivity contribution is 6.93. The molecule has 1 unspecified atom stereocenters. The Kier molecular flexibility index (Phi) is 19.2. The Bertz CT molecular complexity index is 803. The van der Waals surface area contributed by atoms with Crippen molar-refractivity contribution in [3.05, 3.63) is 12.3 Å². The van der Waals surface area contributed by atoms with E-state index in [0.29, 0.717) is 31.5 Å². The number of aliphatic hydroxyl groups is 2. The Balaban J connectivity index is 6.21. The maximum absolute atomic E-state index is 13.5. The van der Waals surface area contributed by atoms with Gasteiger partial charge in [-0.15, -0.1) is 6.58 Å². The summed E-state index contributed by atoms with van der Waals surface area (Å²) in [5, 5.41) is 17.8. The van der Waals surface area contributed by atoms with E-state index in [4.69, 9.17) is 36.1 Å². The van der Waals surface area contributed by atoms with Crippen LogP contribution >= 0.6 is 0 Å². The Labute approximate surface area is 264 Å². The molecule has 0 radical (unpaired) electrons. The first kappa shape index (κ1) is 44.1. The van der Waals surface area contributed by atoms with Crippen molar-refractivity contribution >= 4 is 42.3 Å². The monoisotopic (exact) mass is 736 g/mol. The van der Waals surface area contributed by atoms with E-state index in [1.807, 2.05) is 13.1 Å². The molecule has 0 fully saturated rings. The first-order valence-corrected chi connectivity index (χ1v) is 28.5. The summed E-state index contributed by atoms with van der Waals surface area (Å²) in [6.45, 7) is 17.3. The minimum Gasteiger partial charge on any atom is -0.436 e. The molecule has 264 valence electrons. The van der Waals surface area contributed by atoms with E-state index >= 15 is 0 Å². The number of hydrogen-bond donors (Lipinski definition) is 2. The fourth-order valence-corrected chi connectivity index (χ4v) is 29.3. The van der Waals surface area contributed by atoms with Crippen molar-refractivity contribution < 1.29 is 62.5 Å². The number of hydrogen-bond acceptors (Lipinski definition) is 8. The third-order valence-corrected chi connectivity index (χ3v) is 26.8. The first-order valence-electron chi connectivity index (χ1n) is 14.9. The Morgan fingerprint density at radius 3 is 1.36 bits per heavy atom. The maximum Gasteiger partial charge on any atom is 0.389 e. The van der Waals surface area contributed by atoms with Gasteiger partial charge in [0.25, 0.3) is 0 Å². The van der Waals surface area contributed by atoms with Gasteiger partial charge in [-0.1, -0.05) is 5.70 Å². The van der Waals surface area contributed by atoms with Crippen LogP contribution in [0.2, 0.25) is 70.0 Å². The van der Waals surface area contributed by atoms with Gasteiger partial charge in [0, 0.05) is 26.1 Å². The second-order valence-electron chi connectivity index (χ2n) is 12.6. The van der Waals surface area contributed by atoms with Crippen molar-refractivity contribution in [2.45, 2.75) is 108 Å². The molecule has 0 saturated carbocycles. The molecule has 0 aliphatic carbocycles. The normalized spacial score (nSPS) is 15.4. The summed E-state index contributed by atoms with van der Waals surface area (Å²) in [6, 6.07) is -0.291. The Hall–Kier alpha value is 0.0844. The van der Waals surface area contributed by atoms with E-state index in [1.165, 1.54) is 5.70 Å². The van der Waals surface area contributed by atoms with E-state index in [1.54, 1.807) is 32.7 Å². The average molecular weight is 737 g/mol. The standard InChI is InChI=1S/C25H54F6O8Si5/c1-9-43(8,38-42(6,7)36-40(2,3)20-10-16-34-18-14-32)39-44(22-12-24(26,27)28,23-13-25(29,30)31)37-41(4,5)21-11-17-35-19-15-33/h9,32-33H,1,10-23H2,2-8H3. The van der Waals surface area contributed by atoms with Crippen LogP contribution in [0.4, 0.5) is 26.3 Å². The van der Waals surface area contributed by atoms with E-state index in [-0.39, 0.29) is 33.0 Å². The molecule has 1 atom stereocenters. The van der Waals surface area contributed by atoms with Crippen molar-refractivity contribution in [3.63, 3.8) is 0 Å². The van der Waals surface area contributed by atoms with Crippen LogP contribution < -0.4 is 0 Å². The van der Waals surface area contributed by atoms with Crippen LogP contribution in [0.5, 0.6) is 0 Å². The van der Waals surface area contributed by atoms with Gasteiger partial charge in [0.2, 0.25) is 0 Å². The molecule has 0 aliphatic rings. The van der Waals surface area contributed by atoms with Gasteiger partial charge < -0.3 is 36.1 Å². The SMILES string of the molecule is C=C[Si](C)(O[Si](C)(C)O[Si](C)(C)CCCOCCO)O[Si](CCC(F)(F)F)(CCC(F)(F)F)O[Si](C)(C)CCCOCCO. The van der Waals surface area contributed by atoms with Gasteiger partial charge in [-0.3, -0.25) is 0 Å². The molecule has 0 rings (SSSR count). The van der Waals surface area contributed by atoms with Crippen LogP contribution in [-0.2, 0) is 25.9 Å². The molecule has 0 aliphatic heterocycles. The van der Waals surface area contributed by atoms with Crippen LogP contribution in [0.25, 0.3) is 0 Å². The number of aliphatic hydroxyl groups excluding tert-OH is 2. The fourth-order valence-electron chi connectivity index (χ4n) is 4.80. The number of ether oxygens (including phenoxy) is 2. The summed E-state index contributed by atoms with van der Waals surface area (Å²) in [4.78, 5) is 0. The molecule has 44 heavy (non-hydrogen) atoms. The Morgan fingerprint density at radius 2 is 1.00 bits per heavy atom. The maximum atomic E-state index is 13.5. The summed E-state index contributed by atoms with van der Waals surface area (Å²) in [5.41, 5.74) is 1.38. The first-order chi connectivity index (χ1) is 19.9. The summed E-state index contributed by atoms with van der Waals surface area (Å²) < 4.78 is 118. The van der Waals surface area contributed by atoms with Crippen molar-refractivity contribution in [2.75, 3.05) is 39.6 Å². The average Bonchev–Trinajstić information content (AvgIpc) is 2.84. The van der Waals surface area contributed by atoms with Crippen molar-refractivity contribution in [1.29, 1.82) is 0 Å². The molecule has 0 saturated heterocycles. The lowest BCUT2D eigenvalue weighted by molar-refractivity contribution is -0.133. The highest BCUT2D eigenvalue weighted by atomic mass is 28.5. The zero-order chi connectivity index (χ0) is 34.3. The molecule has 0 spiro atoms. The van der Waals surface area contributed by atoms with Crippen molar-refractivity contribution in [1.82, 2.24) is 0 Å². The molecule has 0 bridgehead atoms. The largest absolute Gasteiger partial charge is 0.436 e. The molecule has 8 nitrogen and oxygen atoms in total. The highest BCUT2D eigenvalue weighted by Crippen LogP contribution is 2.39. The van der Waals surface area contributed by atoms with Gasteiger partial charge in [0.15, 0.2) is 16.6 Å². The molecule has 19 heteroatoms. The number of alkyl halides is 6. The number of halogens is 6. The van der Waals surface area contributed by atoms with Gasteiger partial charge in [0.05, 0.1) is 26.4 Å². The summed E-state index contributed by atoms with van der Waals surface area (Å²) in [7, 11) is -16.1. The third-order valence-electron chi connectivity index (χ3n) is 6.38. The van der Waals surface area contributed by atoms with E-state index < -0.39 is 79.6 Å². The van der Waals surface area contributed by atoms with Crippen LogP contribution in [0.1, 0.15) is 25.7 Å². The van der Waals surface area contributed by atoms with Gasteiger partial charge >= 0.3 is 38.0 Å². The van der Waals surface area contributed by atoms with Crippen LogP contribution in [0.15, 0.2) is 12.3 Å². The van der Waals surface area contributed by atoms with Gasteiger partial charge in [-0.25, -0.2) is 0 Å². The second kappa shape index (κ2) is 19.2. The van der Waals surface area contributed by atoms with Crippen molar-refractivity contribution in [2.24, 2.45) is 0 Å². The molecule has 0 amide bonds. The molecule has 0 heterocycles. The van der Waals surface area contributed by atoms with Gasteiger partial charge in [0.1, 0.15) is 0 Å². The minimum absolute atomic E-state index is 0.0744. The Morgan fingerprint density at radius 1 is 0.591 bits per heavy atom. The third kappa shape index (κ3) is 21.8. The molecule has 0 aromatic carbocycles.